The van der Waals surface area contributed by atoms with Gasteiger partial charge in [0.15, 0.2) is 0 Å². The highest BCUT2D eigenvalue weighted by atomic mass is 14.9. The first-order chi connectivity index (χ1) is 7.09. The Hall–Kier alpha value is -1.18. The molecule has 0 bridgehead atoms. The molecule has 2 nitrogen and oxygen atoms in total. The monoisotopic (exact) mass is 206 g/mol. The van der Waals surface area contributed by atoms with E-state index in [2.05, 4.69) is 26.1 Å². The molecule has 1 aromatic rings. The third-order valence-corrected chi connectivity index (χ3v) is 2.54. The quantitative estimate of drug-likeness (QED) is 0.723. The van der Waals surface area contributed by atoms with Gasteiger partial charge >= 0.3 is 0 Å². The summed E-state index contributed by atoms with van der Waals surface area (Å²) in [4.78, 5) is 0. The first-order valence-corrected chi connectivity index (χ1v) is 5.70. The van der Waals surface area contributed by atoms with Crippen molar-refractivity contribution in [1.29, 1.82) is 0 Å². The van der Waals surface area contributed by atoms with Crippen LogP contribution < -0.4 is 11.1 Å². The van der Waals surface area contributed by atoms with Crippen LogP contribution in [-0.2, 0) is 0 Å². The van der Waals surface area contributed by atoms with Crippen LogP contribution in [0.2, 0.25) is 0 Å². The highest BCUT2D eigenvalue weighted by Crippen LogP contribution is 2.19. The minimum Gasteiger partial charge on any atom is -0.397 e. The summed E-state index contributed by atoms with van der Waals surface area (Å²) in [6.45, 7) is 6.71. The Bertz CT molecular complexity index is 294. The zero-order valence-corrected chi connectivity index (χ0v) is 9.96. The molecule has 1 aromatic carbocycles. The Balaban J connectivity index is 2.44. The zero-order valence-electron chi connectivity index (χ0n) is 9.96. The van der Waals surface area contributed by atoms with Crippen molar-refractivity contribution >= 4 is 11.4 Å². The summed E-state index contributed by atoms with van der Waals surface area (Å²) in [5, 5.41) is 3.44. The van der Waals surface area contributed by atoms with E-state index in [0.29, 0.717) is 6.04 Å². The molecule has 0 fully saturated rings. The fourth-order valence-electron chi connectivity index (χ4n) is 1.55. The van der Waals surface area contributed by atoms with E-state index in [-0.39, 0.29) is 0 Å². The summed E-state index contributed by atoms with van der Waals surface area (Å²) in [7, 11) is 0. The van der Waals surface area contributed by atoms with Gasteiger partial charge in [-0.25, -0.2) is 0 Å². The Morgan fingerprint density at radius 1 is 1.13 bits per heavy atom. The van der Waals surface area contributed by atoms with Crippen LogP contribution in [0.3, 0.4) is 0 Å². The van der Waals surface area contributed by atoms with E-state index in [0.717, 1.165) is 17.3 Å². The molecule has 0 radical (unpaired) electrons. The van der Waals surface area contributed by atoms with Gasteiger partial charge in [-0.2, -0.15) is 0 Å². The van der Waals surface area contributed by atoms with Gasteiger partial charge in [-0.3, -0.25) is 0 Å². The van der Waals surface area contributed by atoms with Gasteiger partial charge in [0.25, 0.3) is 0 Å². The molecule has 0 saturated heterocycles. The molecular formula is C13H22N2. The second-order valence-corrected chi connectivity index (χ2v) is 4.60. The van der Waals surface area contributed by atoms with Crippen molar-refractivity contribution in [3.05, 3.63) is 24.3 Å². The third kappa shape index (κ3) is 4.24. The lowest BCUT2D eigenvalue weighted by atomic mass is 10.0. The molecule has 0 aliphatic rings. The molecule has 0 aliphatic carbocycles. The van der Waals surface area contributed by atoms with Crippen molar-refractivity contribution in [2.24, 2.45) is 5.92 Å². The van der Waals surface area contributed by atoms with Crippen LogP contribution in [0.15, 0.2) is 24.3 Å². The second-order valence-electron chi connectivity index (χ2n) is 4.60. The molecule has 2 heteroatoms. The number of rotatable bonds is 5. The fraction of sp³-hybridized carbons (Fsp3) is 0.538. The van der Waals surface area contributed by atoms with Crippen LogP contribution in [0, 0.1) is 5.92 Å². The molecule has 0 heterocycles. The summed E-state index contributed by atoms with van der Waals surface area (Å²) in [5.41, 5.74) is 7.74. The normalized spacial score (nSPS) is 12.8. The fourth-order valence-corrected chi connectivity index (χ4v) is 1.55. The lowest BCUT2D eigenvalue weighted by molar-refractivity contribution is 0.528. The largest absolute Gasteiger partial charge is 0.397 e. The highest BCUT2D eigenvalue weighted by Gasteiger charge is 2.05. The number of anilines is 2. The van der Waals surface area contributed by atoms with Crippen molar-refractivity contribution < 1.29 is 0 Å². The molecule has 0 amide bonds. The van der Waals surface area contributed by atoms with Crippen LogP contribution in [-0.4, -0.2) is 6.04 Å². The first-order valence-electron chi connectivity index (χ1n) is 5.70. The predicted octanol–water partition coefficient (Wildman–Crippen LogP) is 3.51. The van der Waals surface area contributed by atoms with Gasteiger partial charge in [0.05, 0.1) is 11.4 Å². The van der Waals surface area contributed by atoms with E-state index in [1.54, 1.807) is 0 Å². The number of benzene rings is 1. The molecule has 0 spiro atoms. The Morgan fingerprint density at radius 2 is 1.80 bits per heavy atom. The first kappa shape index (κ1) is 11.9. The van der Waals surface area contributed by atoms with Gasteiger partial charge in [-0.15, -0.1) is 0 Å². The molecule has 1 atom stereocenters. The second kappa shape index (κ2) is 5.64. The van der Waals surface area contributed by atoms with Crippen molar-refractivity contribution in [3.8, 4) is 0 Å². The van der Waals surface area contributed by atoms with Crippen LogP contribution >= 0.6 is 0 Å². The van der Waals surface area contributed by atoms with Crippen LogP contribution in [0.5, 0.6) is 0 Å². The van der Waals surface area contributed by atoms with E-state index in [4.69, 9.17) is 5.73 Å². The van der Waals surface area contributed by atoms with Gasteiger partial charge in [-0.1, -0.05) is 26.0 Å². The van der Waals surface area contributed by atoms with Crippen LogP contribution in [0.4, 0.5) is 11.4 Å². The maximum Gasteiger partial charge on any atom is 0.0575 e. The lowest BCUT2D eigenvalue weighted by Crippen LogP contribution is -2.16. The van der Waals surface area contributed by atoms with E-state index >= 15 is 0 Å². The zero-order chi connectivity index (χ0) is 11.3. The number of para-hydroxylation sites is 2. The Morgan fingerprint density at radius 3 is 2.40 bits per heavy atom. The van der Waals surface area contributed by atoms with Crippen molar-refractivity contribution in [3.63, 3.8) is 0 Å². The molecular weight excluding hydrogens is 184 g/mol. The number of hydrogen-bond donors (Lipinski definition) is 2. The molecule has 84 valence electrons. The average Bonchev–Trinajstić information content (AvgIpc) is 2.18. The highest BCUT2D eigenvalue weighted by molar-refractivity contribution is 5.65. The molecule has 1 unspecified atom stereocenters. The Kier molecular flexibility index (Phi) is 4.47. The summed E-state index contributed by atoms with van der Waals surface area (Å²) in [6, 6.07) is 8.41. The van der Waals surface area contributed by atoms with Gasteiger partial charge in [0.1, 0.15) is 0 Å². The molecule has 0 saturated carbocycles. The van der Waals surface area contributed by atoms with E-state index in [1.165, 1.54) is 12.8 Å². The molecule has 0 aromatic heterocycles. The molecule has 1 rings (SSSR count). The molecule has 0 aliphatic heterocycles. The van der Waals surface area contributed by atoms with Crippen molar-refractivity contribution in [2.45, 2.75) is 39.7 Å². The van der Waals surface area contributed by atoms with E-state index < -0.39 is 0 Å². The van der Waals surface area contributed by atoms with Gasteiger partial charge in [-0.05, 0) is 37.8 Å². The number of hydrogen-bond acceptors (Lipinski definition) is 2. The van der Waals surface area contributed by atoms with Gasteiger partial charge < -0.3 is 11.1 Å². The van der Waals surface area contributed by atoms with E-state index in [1.807, 2.05) is 24.3 Å². The summed E-state index contributed by atoms with van der Waals surface area (Å²) < 4.78 is 0. The van der Waals surface area contributed by atoms with Gasteiger partial charge in [0.2, 0.25) is 0 Å². The number of nitrogens with one attached hydrogen (secondary N) is 1. The van der Waals surface area contributed by atoms with Crippen molar-refractivity contribution in [1.82, 2.24) is 0 Å². The van der Waals surface area contributed by atoms with Crippen LogP contribution in [0.1, 0.15) is 33.6 Å². The smallest absolute Gasteiger partial charge is 0.0575 e. The maximum absolute atomic E-state index is 5.86. The predicted molar refractivity (Wildman–Crippen MR) is 68.0 cm³/mol. The Labute approximate surface area is 92.9 Å². The topological polar surface area (TPSA) is 38.0 Å². The standard InChI is InChI=1S/C13H22N2/c1-10(2)8-9-11(3)15-13-7-5-4-6-12(13)14/h4-7,10-11,15H,8-9,14H2,1-3H3. The third-order valence-electron chi connectivity index (χ3n) is 2.54. The lowest BCUT2D eigenvalue weighted by Gasteiger charge is -2.17. The molecule has 3 N–H and O–H groups in total. The maximum atomic E-state index is 5.86. The SMILES string of the molecule is CC(C)CCC(C)Nc1ccccc1N. The summed E-state index contributed by atoms with van der Waals surface area (Å²) in [6.07, 6.45) is 2.44. The number of nitrogens with two attached hydrogens (primary N) is 1. The minimum absolute atomic E-state index is 0.483. The van der Waals surface area contributed by atoms with Crippen molar-refractivity contribution in [2.75, 3.05) is 11.1 Å². The van der Waals surface area contributed by atoms with Gasteiger partial charge in [0, 0.05) is 6.04 Å². The number of nitrogen functional groups attached to an aromatic ring is 1. The van der Waals surface area contributed by atoms with E-state index in [9.17, 15) is 0 Å². The average molecular weight is 206 g/mol. The summed E-state index contributed by atoms with van der Waals surface area (Å²) in [5.74, 6) is 0.766. The minimum atomic E-state index is 0.483. The summed E-state index contributed by atoms with van der Waals surface area (Å²) >= 11 is 0. The van der Waals surface area contributed by atoms with Crippen LogP contribution in [0.25, 0.3) is 0 Å². The molecule has 15 heavy (non-hydrogen) atoms.